The molecular formula is C16H25Cl3N2O6S2. The number of aromatic nitrogens is 1. The third-order valence-electron chi connectivity index (χ3n) is 1.91. The van der Waals surface area contributed by atoms with Gasteiger partial charge < -0.3 is 20.3 Å². The van der Waals surface area contributed by atoms with E-state index in [1.54, 1.807) is 26.2 Å². The van der Waals surface area contributed by atoms with Crippen molar-refractivity contribution < 1.29 is 29.0 Å². The molecular weight excluding hydrogens is 487 g/mol. The van der Waals surface area contributed by atoms with Crippen LogP contribution in [0.5, 0.6) is 0 Å². The molecule has 0 aromatic carbocycles. The first-order chi connectivity index (χ1) is 13.7. The van der Waals surface area contributed by atoms with E-state index >= 15 is 0 Å². The average molecular weight is 512 g/mol. The molecule has 0 radical (unpaired) electrons. The van der Waals surface area contributed by atoms with Crippen molar-refractivity contribution in [3.8, 4) is 0 Å². The number of hydrogen-bond acceptors (Lipinski definition) is 9. The Kier molecular flexibility index (Phi) is 26.1. The van der Waals surface area contributed by atoms with Gasteiger partial charge >= 0.3 is 11.9 Å². The molecule has 0 amide bonds. The summed E-state index contributed by atoms with van der Waals surface area (Å²) in [6.07, 6.45) is 0. The first-order valence-electron chi connectivity index (χ1n) is 8.07. The molecule has 0 atom stereocenters. The Bertz CT molecular complexity index is 597. The van der Waals surface area contributed by atoms with Gasteiger partial charge in [0.15, 0.2) is 10.8 Å². The number of hydrogen-bond donors (Lipinski definition) is 2. The zero-order chi connectivity index (χ0) is 23.2. The predicted octanol–water partition coefficient (Wildman–Crippen LogP) is 2.93. The van der Waals surface area contributed by atoms with Crippen molar-refractivity contribution in [1.82, 2.24) is 4.98 Å². The molecule has 168 valence electrons. The summed E-state index contributed by atoms with van der Waals surface area (Å²) in [7, 11) is 0. The van der Waals surface area contributed by atoms with Crippen LogP contribution in [0, 0.1) is 0 Å². The second-order valence-electron chi connectivity index (χ2n) is 4.20. The summed E-state index contributed by atoms with van der Waals surface area (Å²) in [4.78, 5) is 35.0. The summed E-state index contributed by atoms with van der Waals surface area (Å²) >= 11 is 21.1. The molecule has 1 rings (SSSR count). The van der Waals surface area contributed by atoms with Gasteiger partial charge in [0.2, 0.25) is 5.01 Å². The van der Waals surface area contributed by atoms with Crippen LogP contribution in [-0.4, -0.2) is 64.4 Å². The number of ketones is 1. The molecule has 29 heavy (non-hydrogen) atoms. The minimum atomic E-state index is -0.609. The van der Waals surface area contributed by atoms with Crippen LogP contribution in [0.1, 0.15) is 36.3 Å². The highest BCUT2D eigenvalue weighted by atomic mass is 35.5. The van der Waals surface area contributed by atoms with E-state index in [0.29, 0.717) is 29.8 Å². The summed E-state index contributed by atoms with van der Waals surface area (Å²) in [5.74, 6) is -0.720. The van der Waals surface area contributed by atoms with Crippen molar-refractivity contribution in [2.45, 2.75) is 26.7 Å². The van der Waals surface area contributed by atoms with Gasteiger partial charge in [-0.2, -0.15) is 0 Å². The number of thiocarbonyl (C=S) groups is 1. The van der Waals surface area contributed by atoms with Gasteiger partial charge in [0.1, 0.15) is 0 Å². The fourth-order valence-corrected chi connectivity index (χ4v) is 2.17. The molecule has 8 nitrogen and oxygen atoms in total. The van der Waals surface area contributed by atoms with Gasteiger partial charge in [-0.3, -0.25) is 4.79 Å². The van der Waals surface area contributed by atoms with Crippen molar-refractivity contribution in [3.63, 3.8) is 0 Å². The van der Waals surface area contributed by atoms with Crippen molar-refractivity contribution in [3.05, 3.63) is 16.1 Å². The Morgan fingerprint density at radius 1 is 1.14 bits per heavy atom. The molecule has 0 aliphatic carbocycles. The van der Waals surface area contributed by atoms with E-state index < -0.39 is 5.97 Å². The number of alkyl halides is 3. The number of esters is 2. The van der Waals surface area contributed by atoms with Crippen LogP contribution in [0.25, 0.3) is 0 Å². The number of carbonyl (C=O) groups is 3. The Hall–Kier alpha value is -1.04. The van der Waals surface area contributed by atoms with Gasteiger partial charge in [0.05, 0.1) is 36.5 Å². The second kappa shape index (κ2) is 23.2. The molecule has 0 aliphatic heterocycles. The summed E-state index contributed by atoms with van der Waals surface area (Å²) in [6, 6.07) is 0. The quantitative estimate of drug-likeness (QED) is 0.336. The SMILES string of the molecule is CCO.CCOC(=O)C(N)=S.CCOC(=O)c1nc(CCl)cs1.O=C(CCl)CCl. The zero-order valence-corrected chi connectivity index (χ0v) is 20.2. The molecule has 1 heterocycles. The largest absolute Gasteiger partial charge is 0.461 e. The fourth-order valence-electron chi connectivity index (χ4n) is 0.893. The summed E-state index contributed by atoms with van der Waals surface area (Å²) in [5, 5.41) is 9.69. The molecule has 0 saturated carbocycles. The minimum Gasteiger partial charge on any atom is -0.461 e. The lowest BCUT2D eigenvalue weighted by Gasteiger charge is -1.95. The standard InChI is InChI=1S/C7H8ClNO2S.C4H7NO2S.C3H4Cl2O.C2H6O/c1-2-11-7(10)6-9-5(3-8)4-12-6;1-2-7-4(6)3(5)8;4-1-3(6)2-5;1-2-3/h4H,2-3H2,1H3;2H2,1H3,(H2,5,8);1-2H2;3H,2H2,1H3. The summed E-state index contributed by atoms with van der Waals surface area (Å²) < 4.78 is 9.15. The molecule has 13 heteroatoms. The van der Waals surface area contributed by atoms with E-state index in [0.717, 1.165) is 0 Å². The number of aliphatic hydroxyl groups is 1. The minimum absolute atomic E-state index is 0.0312. The molecule has 1 aromatic rings. The van der Waals surface area contributed by atoms with E-state index in [4.69, 9.17) is 50.4 Å². The molecule has 1 aromatic heterocycles. The first-order valence-corrected chi connectivity index (χ1v) is 11.0. The summed E-state index contributed by atoms with van der Waals surface area (Å²) in [5.41, 5.74) is 5.59. The van der Waals surface area contributed by atoms with Crippen LogP contribution in [0.2, 0.25) is 0 Å². The highest BCUT2D eigenvalue weighted by Gasteiger charge is 2.10. The highest BCUT2D eigenvalue weighted by Crippen LogP contribution is 2.12. The lowest BCUT2D eigenvalue weighted by molar-refractivity contribution is -0.134. The molecule has 0 unspecified atom stereocenters. The van der Waals surface area contributed by atoms with Crippen molar-refractivity contribution >= 4 is 81.1 Å². The van der Waals surface area contributed by atoms with Gasteiger partial charge in [-0.25, -0.2) is 14.6 Å². The normalized spacial score (nSPS) is 8.66. The fraction of sp³-hybridized carbons (Fsp3) is 0.562. The number of thiazole rings is 1. The smallest absolute Gasteiger partial charge is 0.367 e. The maximum Gasteiger partial charge on any atom is 0.367 e. The third-order valence-corrected chi connectivity index (χ3v) is 3.82. The summed E-state index contributed by atoms with van der Waals surface area (Å²) in [6.45, 7) is 6.06. The van der Waals surface area contributed by atoms with Crippen LogP contribution < -0.4 is 5.73 Å². The molecule has 3 N–H and O–H groups in total. The number of carbonyl (C=O) groups excluding carboxylic acids is 3. The molecule has 0 aliphatic rings. The topological polar surface area (TPSA) is 129 Å². The number of nitrogens with zero attached hydrogens (tertiary/aromatic N) is 1. The van der Waals surface area contributed by atoms with E-state index in [9.17, 15) is 14.4 Å². The number of Topliss-reactive ketones (excluding diaryl/α,β-unsaturated/α-hetero) is 1. The van der Waals surface area contributed by atoms with Crippen molar-refractivity contribution in [2.75, 3.05) is 31.6 Å². The third kappa shape index (κ3) is 21.5. The van der Waals surface area contributed by atoms with Gasteiger partial charge in [0, 0.05) is 12.0 Å². The van der Waals surface area contributed by atoms with Crippen molar-refractivity contribution in [2.24, 2.45) is 5.73 Å². The lowest BCUT2D eigenvalue weighted by atomic mass is 10.5. The monoisotopic (exact) mass is 510 g/mol. The van der Waals surface area contributed by atoms with E-state index in [1.165, 1.54) is 11.3 Å². The van der Waals surface area contributed by atoms with Crippen LogP contribution in [0.4, 0.5) is 0 Å². The Morgan fingerprint density at radius 2 is 1.62 bits per heavy atom. The Morgan fingerprint density at radius 3 is 1.86 bits per heavy atom. The van der Waals surface area contributed by atoms with Crippen LogP contribution in [0.3, 0.4) is 0 Å². The van der Waals surface area contributed by atoms with Crippen LogP contribution in [0.15, 0.2) is 5.38 Å². The lowest BCUT2D eigenvalue weighted by Crippen LogP contribution is -2.23. The maximum absolute atomic E-state index is 11.1. The number of rotatable bonds is 6. The number of ether oxygens (including phenoxy) is 2. The average Bonchev–Trinajstić information content (AvgIpc) is 3.19. The van der Waals surface area contributed by atoms with Gasteiger partial charge in [0.25, 0.3) is 0 Å². The van der Waals surface area contributed by atoms with E-state index in [2.05, 4.69) is 21.9 Å². The molecule has 0 spiro atoms. The van der Waals surface area contributed by atoms with Gasteiger partial charge in [-0.1, -0.05) is 12.2 Å². The number of aliphatic hydroxyl groups excluding tert-OH is 1. The highest BCUT2D eigenvalue weighted by molar-refractivity contribution is 7.81. The first kappa shape index (κ1) is 32.6. The predicted molar refractivity (Wildman–Crippen MR) is 120 cm³/mol. The molecule has 0 fully saturated rings. The Labute approximate surface area is 194 Å². The van der Waals surface area contributed by atoms with Crippen LogP contribution >= 0.6 is 58.4 Å². The molecule has 0 bridgehead atoms. The zero-order valence-electron chi connectivity index (χ0n) is 16.3. The van der Waals surface area contributed by atoms with E-state index in [1.807, 2.05) is 0 Å². The van der Waals surface area contributed by atoms with Gasteiger partial charge in [-0.05, 0) is 20.8 Å². The second-order valence-corrected chi connectivity index (χ2v) is 6.30. The van der Waals surface area contributed by atoms with Crippen molar-refractivity contribution in [1.29, 1.82) is 0 Å². The molecule has 0 saturated heterocycles. The van der Waals surface area contributed by atoms with Crippen LogP contribution in [-0.2, 0) is 24.9 Å². The maximum atomic E-state index is 11.1. The Balaban J connectivity index is -0.000000347. The van der Waals surface area contributed by atoms with Gasteiger partial charge in [-0.15, -0.1) is 46.1 Å². The van der Waals surface area contributed by atoms with E-state index in [-0.39, 0.29) is 35.1 Å². The number of halogens is 3. The number of nitrogens with two attached hydrogens (primary N) is 1.